The van der Waals surface area contributed by atoms with Gasteiger partial charge >= 0.3 is 0 Å². The molecule has 0 spiro atoms. The highest BCUT2D eigenvalue weighted by atomic mass is 15.3. The molecule has 1 aliphatic heterocycles. The zero-order valence-corrected chi connectivity index (χ0v) is 20.6. The van der Waals surface area contributed by atoms with Gasteiger partial charge in [0.25, 0.3) is 0 Å². The van der Waals surface area contributed by atoms with Crippen LogP contribution < -0.4 is 4.90 Å². The average molecular weight is 486 g/mol. The number of fused-ring (bicyclic) bond motifs is 8. The molecule has 2 heterocycles. The van der Waals surface area contributed by atoms with Gasteiger partial charge in [0.1, 0.15) is 0 Å². The fourth-order valence-electron chi connectivity index (χ4n) is 5.73. The molecule has 6 aromatic carbocycles. The first-order chi connectivity index (χ1) is 18.8. The fourth-order valence-corrected chi connectivity index (χ4v) is 5.73. The van der Waals surface area contributed by atoms with Crippen molar-refractivity contribution < 1.29 is 0 Å². The summed E-state index contributed by atoms with van der Waals surface area (Å²) in [6.45, 7) is 0. The van der Waals surface area contributed by atoms with Crippen LogP contribution in [0.25, 0.3) is 49.7 Å². The zero-order chi connectivity index (χ0) is 25.1. The predicted octanol–water partition coefficient (Wildman–Crippen LogP) is 9.30. The number of hydrogen-bond donors (Lipinski definition) is 0. The Hall–Kier alpha value is -5.15. The third kappa shape index (κ3) is 3.12. The van der Waals surface area contributed by atoms with Gasteiger partial charge in [-0.3, -0.25) is 9.47 Å². The monoisotopic (exact) mass is 485 g/mol. The number of benzene rings is 6. The molecule has 0 saturated heterocycles. The van der Waals surface area contributed by atoms with Crippen molar-refractivity contribution in [2.75, 3.05) is 4.90 Å². The zero-order valence-electron chi connectivity index (χ0n) is 20.6. The second-order valence-corrected chi connectivity index (χ2v) is 9.71. The van der Waals surface area contributed by atoms with Gasteiger partial charge in [0.15, 0.2) is 0 Å². The Morgan fingerprint density at radius 3 is 1.95 bits per heavy atom. The third-order valence-corrected chi connectivity index (χ3v) is 7.53. The van der Waals surface area contributed by atoms with E-state index in [2.05, 4.69) is 149 Å². The molecule has 0 bridgehead atoms. The van der Waals surface area contributed by atoms with E-state index in [9.17, 15) is 0 Å². The van der Waals surface area contributed by atoms with Crippen LogP contribution in [0.4, 0.5) is 17.3 Å². The summed E-state index contributed by atoms with van der Waals surface area (Å²) in [4.78, 5) is 7.46. The van der Waals surface area contributed by atoms with Gasteiger partial charge in [-0.25, -0.2) is 4.98 Å². The van der Waals surface area contributed by atoms with Gasteiger partial charge in [-0.05, 0) is 64.4 Å². The highest BCUT2D eigenvalue weighted by molar-refractivity contribution is 5.96. The first-order valence-corrected chi connectivity index (χ1v) is 12.9. The van der Waals surface area contributed by atoms with Crippen LogP contribution in [-0.2, 0) is 0 Å². The van der Waals surface area contributed by atoms with Gasteiger partial charge in [0, 0.05) is 16.8 Å². The fraction of sp³-hybridized carbons (Fsp3) is 0. The molecule has 8 rings (SSSR count). The minimum atomic E-state index is 0.891. The minimum Gasteiger partial charge on any atom is -0.280 e. The van der Waals surface area contributed by atoms with E-state index in [0.717, 1.165) is 34.0 Å². The maximum absolute atomic E-state index is 5.17. The molecule has 0 amide bonds. The highest BCUT2D eigenvalue weighted by Crippen LogP contribution is 2.47. The van der Waals surface area contributed by atoms with Crippen molar-refractivity contribution in [3.63, 3.8) is 0 Å². The molecule has 0 radical (unpaired) electrons. The van der Waals surface area contributed by atoms with Crippen molar-refractivity contribution in [3.8, 4) is 27.9 Å². The van der Waals surface area contributed by atoms with Crippen molar-refractivity contribution in [1.29, 1.82) is 0 Å². The number of aromatic nitrogens is 2. The Kier molecular flexibility index (Phi) is 4.52. The average Bonchev–Trinajstić information content (AvgIpc) is 3.31. The van der Waals surface area contributed by atoms with Gasteiger partial charge in [-0.1, -0.05) is 97.1 Å². The van der Waals surface area contributed by atoms with Crippen LogP contribution in [-0.4, -0.2) is 9.55 Å². The van der Waals surface area contributed by atoms with Gasteiger partial charge in [-0.15, -0.1) is 0 Å². The van der Waals surface area contributed by atoms with Crippen LogP contribution >= 0.6 is 0 Å². The second-order valence-electron chi connectivity index (χ2n) is 9.71. The summed E-state index contributed by atoms with van der Waals surface area (Å²) >= 11 is 0. The van der Waals surface area contributed by atoms with Crippen LogP contribution in [0.15, 0.2) is 140 Å². The molecule has 0 atom stereocenters. The molecular formula is C35H23N3. The molecular weight excluding hydrogens is 462 g/mol. The van der Waals surface area contributed by atoms with E-state index in [1.165, 1.54) is 33.0 Å². The molecule has 0 unspecified atom stereocenters. The molecule has 0 aliphatic carbocycles. The van der Waals surface area contributed by atoms with Crippen LogP contribution in [0.2, 0.25) is 0 Å². The first kappa shape index (κ1) is 21.0. The smallest absolute Gasteiger partial charge is 0.220 e. The van der Waals surface area contributed by atoms with Gasteiger partial charge in [-0.2, -0.15) is 0 Å². The lowest BCUT2D eigenvalue weighted by atomic mass is 10.00. The largest absolute Gasteiger partial charge is 0.280 e. The molecule has 0 fully saturated rings. The highest BCUT2D eigenvalue weighted by Gasteiger charge is 2.28. The molecule has 1 aliphatic rings. The SMILES string of the molecule is c1ccc2c(c1)-c1ccccc1-n1c(nc3ccccc31)N2c1ccc(-c2ccc3ccccc3c2)cc1. The van der Waals surface area contributed by atoms with Crippen molar-refractivity contribution in [3.05, 3.63) is 140 Å². The normalized spacial score (nSPS) is 12.2. The van der Waals surface area contributed by atoms with E-state index in [1.807, 2.05) is 0 Å². The Morgan fingerprint density at radius 2 is 1.11 bits per heavy atom. The van der Waals surface area contributed by atoms with Crippen molar-refractivity contribution >= 4 is 39.1 Å². The molecule has 0 N–H and O–H groups in total. The molecule has 3 nitrogen and oxygen atoms in total. The Bertz CT molecular complexity index is 1980. The standard InChI is InChI=1S/C35H23N3/c1-2-10-26-23-27(18-17-24(26)9-1)25-19-21-28(22-20-25)37-32-14-6-3-11-29(32)30-12-4-7-15-33(30)38-34-16-8-5-13-31(34)36-35(37)38/h1-23H. The number of nitrogens with zero attached hydrogens (tertiary/aromatic N) is 3. The van der Waals surface area contributed by atoms with E-state index in [0.29, 0.717) is 0 Å². The lowest BCUT2D eigenvalue weighted by Crippen LogP contribution is -2.14. The van der Waals surface area contributed by atoms with Crippen LogP contribution in [0, 0.1) is 0 Å². The Morgan fingerprint density at radius 1 is 0.474 bits per heavy atom. The third-order valence-electron chi connectivity index (χ3n) is 7.53. The molecule has 7 aromatic rings. The summed E-state index contributed by atoms with van der Waals surface area (Å²) in [5, 5.41) is 2.51. The number of para-hydroxylation sites is 4. The number of imidazole rings is 1. The van der Waals surface area contributed by atoms with Crippen molar-refractivity contribution in [1.82, 2.24) is 9.55 Å². The molecule has 38 heavy (non-hydrogen) atoms. The topological polar surface area (TPSA) is 21.1 Å². The molecule has 178 valence electrons. The maximum atomic E-state index is 5.17. The summed E-state index contributed by atoms with van der Waals surface area (Å²) in [5.41, 5.74) is 10.2. The summed E-state index contributed by atoms with van der Waals surface area (Å²) in [6.07, 6.45) is 0. The van der Waals surface area contributed by atoms with E-state index in [4.69, 9.17) is 4.98 Å². The van der Waals surface area contributed by atoms with Crippen LogP contribution in [0.3, 0.4) is 0 Å². The van der Waals surface area contributed by atoms with Gasteiger partial charge in [0.2, 0.25) is 5.95 Å². The van der Waals surface area contributed by atoms with Crippen LogP contribution in [0.1, 0.15) is 0 Å². The first-order valence-electron chi connectivity index (χ1n) is 12.9. The van der Waals surface area contributed by atoms with E-state index in [-0.39, 0.29) is 0 Å². The van der Waals surface area contributed by atoms with Gasteiger partial charge in [0.05, 0.1) is 22.4 Å². The lowest BCUT2D eigenvalue weighted by molar-refractivity contribution is 1.05. The van der Waals surface area contributed by atoms with Crippen molar-refractivity contribution in [2.45, 2.75) is 0 Å². The summed E-state index contributed by atoms with van der Waals surface area (Å²) in [5.74, 6) is 0.891. The predicted molar refractivity (Wildman–Crippen MR) is 158 cm³/mol. The molecule has 0 saturated carbocycles. The van der Waals surface area contributed by atoms with Crippen molar-refractivity contribution in [2.24, 2.45) is 0 Å². The Labute approximate surface area is 220 Å². The van der Waals surface area contributed by atoms with E-state index >= 15 is 0 Å². The second kappa shape index (κ2) is 8.19. The number of anilines is 3. The maximum Gasteiger partial charge on any atom is 0.220 e. The quantitative estimate of drug-likeness (QED) is 0.243. The minimum absolute atomic E-state index is 0.891. The van der Waals surface area contributed by atoms with E-state index in [1.54, 1.807) is 0 Å². The Balaban J connectivity index is 1.34. The molecule has 1 aromatic heterocycles. The van der Waals surface area contributed by atoms with Crippen LogP contribution in [0.5, 0.6) is 0 Å². The summed E-state index contributed by atoms with van der Waals surface area (Å²) < 4.78 is 2.29. The molecule has 3 heteroatoms. The lowest BCUT2D eigenvalue weighted by Gasteiger charge is -2.24. The number of hydrogen-bond acceptors (Lipinski definition) is 2. The van der Waals surface area contributed by atoms with Gasteiger partial charge < -0.3 is 0 Å². The summed E-state index contributed by atoms with van der Waals surface area (Å²) in [6, 6.07) is 49.6. The summed E-state index contributed by atoms with van der Waals surface area (Å²) in [7, 11) is 0. The van der Waals surface area contributed by atoms with E-state index < -0.39 is 0 Å². The number of rotatable bonds is 2.